The van der Waals surface area contributed by atoms with E-state index in [1.54, 1.807) is 37.4 Å². The van der Waals surface area contributed by atoms with Crippen molar-refractivity contribution < 1.29 is 14.3 Å². The molecule has 2 aliphatic rings. The van der Waals surface area contributed by atoms with Gasteiger partial charge in [-0.25, -0.2) is 0 Å². The van der Waals surface area contributed by atoms with Gasteiger partial charge in [-0.3, -0.25) is 14.2 Å². The van der Waals surface area contributed by atoms with Crippen LogP contribution in [0.4, 0.5) is 0 Å². The van der Waals surface area contributed by atoms with Crippen molar-refractivity contribution in [3.05, 3.63) is 64.1 Å². The quantitative estimate of drug-likeness (QED) is 0.872. The maximum atomic E-state index is 12.9. The van der Waals surface area contributed by atoms with E-state index in [2.05, 4.69) is 5.32 Å². The highest BCUT2D eigenvalue weighted by Crippen LogP contribution is 2.33. The van der Waals surface area contributed by atoms with Gasteiger partial charge in [0.1, 0.15) is 5.56 Å². The molecule has 0 bridgehead atoms. The molecule has 0 radical (unpaired) electrons. The first-order chi connectivity index (χ1) is 12.1. The van der Waals surface area contributed by atoms with Crippen molar-refractivity contribution in [2.24, 2.45) is 0 Å². The van der Waals surface area contributed by atoms with Gasteiger partial charge in [0.25, 0.3) is 11.5 Å². The van der Waals surface area contributed by atoms with Gasteiger partial charge in [0, 0.05) is 18.3 Å². The van der Waals surface area contributed by atoms with E-state index in [1.807, 2.05) is 12.2 Å². The fraction of sp³-hybridized carbons (Fsp3) is 0.263. The van der Waals surface area contributed by atoms with E-state index in [-0.39, 0.29) is 29.9 Å². The minimum Gasteiger partial charge on any atom is -0.454 e. The van der Waals surface area contributed by atoms with Gasteiger partial charge >= 0.3 is 0 Å². The van der Waals surface area contributed by atoms with Crippen molar-refractivity contribution in [2.45, 2.75) is 25.8 Å². The highest BCUT2D eigenvalue weighted by Gasteiger charge is 2.21. The first kappa shape index (κ1) is 15.5. The molecule has 0 saturated carbocycles. The number of ether oxygens (including phenoxy) is 2. The van der Waals surface area contributed by atoms with E-state index in [0.717, 1.165) is 12.8 Å². The molecule has 1 aliphatic carbocycles. The Morgan fingerprint density at radius 1 is 1.24 bits per heavy atom. The van der Waals surface area contributed by atoms with Crippen molar-refractivity contribution in [1.82, 2.24) is 9.88 Å². The second-order valence-corrected chi connectivity index (χ2v) is 6.17. The van der Waals surface area contributed by atoms with Crippen LogP contribution in [0.25, 0.3) is 5.69 Å². The summed E-state index contributed by atoms with van der Waals surface area (Å²) in [5.41, 5.74) is 1.10. The molecule has 1 unspecified atom stereocenters. The summed E-state index contributed by atoms with van der Waals surface area (Å²) in [4.78, 5) is 25.5. The summed E-state index contributed by atoms with van der Waals surface area (Å²) in [6.45, 7) is 1.94. The highest BCUT2D eigenvalue weighted by atomic mass is 16.7. The third-order valence-electron chi connectivity index (χ3n) is 4.49. The van der Waals surface area contributed by atoms with Crippen molar-refractivity contribution in [1.29, 1.82) is 0 Å². The van der Waals surface area contributed by atoms with E-state index < -0.39 is 0 Å². The molecule has 6 nitrogen and oxygen atoms in total. The van der Waals surface area contributed by atoms with Gasteiger partial charge in [0.15, 0.2) is 11.5 Å². The number of aromatic nitrogens is 1. The molecular weight excluding hydrogens is 320 g/mol. The Morgan fingerprint density at radius 2 is 2.08 bits per heavy atom. The van der Waals surface area contributed by atoms with Crippen LogP contribution in [0, 0.1) is 6.92 Å². The lowest BCUT2D eigenvalue weighted by atomic mass is 10.1. The van der Waals surface area contributed by atoms with Gasteiger partial charge in [-0.05, 0) is 43.5 Å². The number of carbonyl (C=O) groups is 1. The smallest absolute Gasteiger partial charge is 0.268 e. The van der Waals surface area contributed by atoms with Crippen LogP contribution in [0.5, 0.6) is 11.5 Å². The second kappa shape index (κ2) is 6.12. The van der Waals surface area contributed by atoms with Crippen molar-refractivity contribution >= 4 is 5.91 Å². The third-order valence-corrected chi connectivity index (χ3v) is 4.49. The minimum absolute atomic E-state index is 0.00880. The number of benzene rings is 1. The Labute approximate surface area is 144 Å². The average molecular weight is 338 g/mol. The van der Waals surface area contributed by atoms with Gasteiger partial charge in [-0.2, -0.15) is 0 Å². The molecule has 1 atom stereocenters. The number of carbonyl (C=O) groups excluding carboxylic acids is 1. The Morgan fingerprint density at radius 3 is 2.88 bits per heavy atom. The zero-order valence-electron chi connectivity index (χ0n) is 13.8. The molecule has 1 aromatic heterocycles. The highest BCUT2D eigenvalue weighted by molar-refractivity contribution is 5.95. The number of nitrogens with zero attached hydrogens (tertiary/aromatic N) is 1. The SMILES string of the molecule is Cc1ccn(-c2ccc3c(c2)OCO3)c(=O)c1C(=O)NC1C=CCC1. The predicted octanol–water partition coefficient (Wildman–Crippen LogP) is 2.32. The molecule has 1 aromatic carbocycles. The molecule has 1 amide bonds. The number of aryl methyl sites for hydroxylation is 1. The molecule has 4 rings (SSSR count). The third kappa shape index (κ3) is 2.80. The molecule has 0 saturated heterocycles. The standard InChI is InChI=1S/C19H18N2O4/c1-12-8-9-21(14-6-7-15-16(10-14)25-11-24-15)19(23)17(12)18(22)20-13-4-2-3-5-13/h2,4,6-10,13H,3,5,11H2,1H3,(H,20,22). The van der Waals surface area contributed by atoms with Gasteiger partial charge in [-0.1, -0.05) is 12.2 Å². The monoisotopic (exact) mass is 338 g/mol. The number of fused-ring (bicyclic) bond motifs is 1. The molecule has 2 aromatic rings. The van der Waals surface area contributed by atoms with Crippen LogP contribution in [0.2, 0.25) is 0 Å². The Kier molecular flexibility index (Phi) is 3.80. The van der Waals surface area contributed by atoms with Crippen LogP contribution in [0.15, 0.2) is 47.4 Å². The van der Waals surface area contributed by atoms with E-state index in [1.165, 1.54) is 4.57 Å². The zero-order chi connectivity index (χ0) is 17.4. The van der Waals surface area contributed by atoms with Gasteiger partial charge in [-0.15, -0.1) is 0 Å². The Hall–Kier alpha value is -3.02. The summed E-state index contributed by atoms with van der Waals surface area (Å²) >= 11 is 0. The summed E-state index contributed by atoms with van der Waals surface area (Å²) < 4.78 is 12.1. The maximum Gasteiger partial charge on any atom is 0.268 e. The average Bonchev–Trinajstić information content (AvgIpc) is 3.25. The number of pyridine rings is 1. The molecule has 1 N–H and O–H groups in total. The van der Waals surface area contributed by atoms with E-state index in [0.29, 0.717) is 22.7 Å². The molecule has 1 aliphatic heterocycles. The second-order valence-electron chi connectivity index (χ2n) is 6.17. The predicted molar refractivity (Wildman–Crippen MR) is 92.5 cm³/mol. The zero-order valence-corrected chi connectivity index (χ0v) is 13.8. The first-order valence-corrected chi connectivity index (χ1v) is 8.23. The molecule has 128 valence electrons. The number of amides is 1. The van der Waals surface area contributed by atoms with E-state index >= 15 is 0 Å². The fourth-order valence-corrected chi connectivity index (χ4v) is 3.13. The topological polar surface area (TPSA) is 69.6 Å². The Bertz CT molecular complexity index is 930. The van der Waals surface area contributed by atoms with Crippen LogP contribution in [-0.4, -0.2) is 23.3 Å². The van der Waals surface area contributed by atoms with E-state index in [4.69, 9.17) is 9.47 Å². The van der Waals surface area contributed by atoms with Crippen LogP contribution in [-0.2, 0) is 0 Å². The first-order valence-electron chi connectivity index (χ1n) is 8.23. The fourth-order valence-electron chi connectivity index (χ4n) is 3.13. The molecular formula is C19H18N2O4. The number of rotatable bonds is 3. The largest absolute Gasteiger partial charge is 0.454 e. The molecule has 2 heterocycles. The molecule has 25 heavy (non-hydrogen) atoms. The van der Waals surface area contributed by atoms with Crippen molar-refractivity contribution in [3.8, 4) is 17.2 Å². The summed E-state index contributed by atoms with van der Waals surface area (Å²) in [7, 11) is 0. The maximum absolute atomic E-state index is 12.9. The van der Waals surface area contributed by atoms with Gasteiger partial charge < -0.3 is 14.8 Å². The molecule has 6 heteroatoms. The lowest BCUT2D eigenvalue weighted by molar-refractivity contribution is 0.0941. The number of hydrogen-bond acceptors (Lipinski definition) is 4. The molecule has 0 spiro atoms. The summed E-state index contributed by atoms with van der Waals surface area (Å²) in [6, 6.07) is 7.02. The normalized spacial score (nSPS) is 17.7. The van der Waals surface area contributed by atoms with E-state index in [9.17, 15) is 9.59 Å². The Balaban J connectivity index is 1.71. The number of nitrogens with one attached hydrogen (secondary N) is 1. The summed E-state index contributed by atoms with van der Waals surface area (Å²) in [5, 5.41) is 2.91. The van der Waals surface area contributed by atoms with Gasteiger partial charge in [0.05, 0.1) is 5.69 Å². The minimum atomic E-state index is -0.349. The number of allylic oxidation sites excluding steroid dienone is 1. The van der Waals surface area contributed by atoms with Crippen molar-refractivity contribution in [2.75, 3.05) is 6.79 Å². The van der Waals surface area contributed by atoms with Gasteiger partial charge in [0.2, 0.25) is 6.79 Å². The van der Waals surface area contributed by atoms with Crippen LogP contribution < -0.4 is 20.3 Å². The van der Waals surface area contributed by atoms with Crippen LogP contribution in [0.1, 0.15) is 28.8 Å². The lowest BCUT2D eigenvalue weighted by Gasteiger charge is -2.14. The summed E-state index contributed by atoms with van der Waals surface area (Å²) in [6.07, 6.45) is 7.48. The lowest BCUT2D eigenvalue weighted by Crippen LogP contribution is -2.37. The number of hydrogen-bond donors (Lipinski definition) is 1. The molecule has 0 fully saturated rings. The van der Waals surface area contributed by atoms with Crippen molar-refractivity contribution in [3.63, 3.8) is 0 Å². The summed E-state index contributed by atoms with van der Waals surface area (Å²) in [5.74, 6) is 0.899. The van der Waals surface area contributed by atoms with Crippen LogP contribution >= 0.6 is 0 Å². The van der Waals surface area contributed by atoms with Crippen LogP contribution in [0.3, 0.4) is 0 Å².